The Labute approximate surface area is 142 Å². The van der Waals surface area contributed by atoms with Crippen molar-refractivity contribution in [1.82, 2.24) is 0 Å². The Kier molecular flexibility index (Phi) is 3.62. The number of benzene rings is 1. The highest BCUT2D eigenvalue weighted by Crippen LogP contribution is 2.61. The van der Waals surface area contributed by atoms with Crippen LogP contribution in [-0.2, 0) is 0 Å². The minimum atomic E-state index is -0.915. The van der Waals surface area contributed by atoms with E-state index in [0.717, 1.165) is 36.8 Å². The molecule has 0 heterocycles. The van der Waals surface area contributed by atoms with Gasteiger partial charge in [-0.15, -0.1) is 0 Å². The lowest BCUT2D eigenvalue weighted by Gasteiger charge is -2.50. The standard InChI is InChI=1S/C19H25NO4/c1-19-8-7-12-11-4-3-10(24-2)9-13(11)18(22)17(20-23)16(12)14(19)5-6-15(19)21/h3-4,9,12,14-16,18,21-23H,5-8H2,1-2H3/b20-17-/t12?,14?,15-,16?,18+,19-/m0/s1. The molecule has 0 bridgehead atoms. The van der Waals surface area contributed by atoms with Crippen LogP contribution in [-0.4, -0.2) is 34.3 Å². The van der Waals surface area contributed by atoms with Gasteiger partial charge in [0, 0.05) is 5.92 Å². The van der Waals surface area contributed by atoms with Crippen molar-refractivity contribution in [3.05, 3.63) is 29.3 Å². The van der Waals surface area contributed by atoms with Crippen LogP contribution in [0, 0.1) is 17.3 Å². The van der Waals surface area contributed by atoms with E-state index in [1.807, 2.05) is 18.2 Å². The number of hydrogen-bond donors (Lipinski definition) is 3. The number of fused-ring (bicyclic) bond motifs is 5. The first-order chi connectivity index (χ1) is 11.5. The fourth-order valence-electron chi connectivity index (χ4n) is 5.59. The first-order valence-electron chi connectivity index (χ1n) is 8.77. The van der Waals surface area contributed by atoms with Gasteiger partial charge >= 0.3 is 0 Å². The number of hydrogen-bond acceptors (Lipinski definition) is 5. The number of methoxy groups -OCH3 is 1. The van der Waals surface area contributed by atoms with Gasteiger partial charge in [-0.25, -0.2) is 0 Å². The van der Waals surface area contributed by atoms with Crippen LogP contribution in [0.4, 0.5) is 0 Å². The first kappa shape index (κ1) is 15.9. The molecule has 0 amide bonds. The van der Waals surface area contributed by atoms with Crippen LogP contribution in [0.5, 0.6) is 5.75 Å². The van der Waals surface area contributed by atoms with Crippen molar-refractivity contribution < 1.29 is 20.2 Å². The summed E-state index contributed by atoms with van der Waals surface area (Å²) in [5, 5.41) is 34.5. The van der Waals surface area contributed by atoms with Gasteiger partial charge in [-0.05, 0) is 66.2 Å². The lowest BCUT2D eigenvalue weighted by Crippen LogP contribution is -2.48. The second-order valence-corrected chi connectivity index (χ2v) is 7.80. The fraction of sp³-hybridized carbons (Fsp3) is 0.632. The second kappa shape index (κ2) is 5.46. The highest BCUT2D eigenvalue weighted by molar-refractivity contribution is 5.94. The van der Waals surface area contributed by atoms with E-state index in [1.54, 1.807) is 7.11 Å². The lowest BCUT2D eigenvalue weighted by molar-refractivity contribution is -0.00835. The molecule has 3 aliphatic rings. The van der Waals surface area contributed by atoms with Gasteiger partial charge in [0.2, 0.25) is 0 Å². The normalized spacial score (nSPS) is 42.3. The molecule has 3 N–H and O–H groups in total. The zero-order chi connectivity index (χ0) is 17.1. The molecule has 0 aliphatic heterocycles. The molecule has 130 valence electrons. The van der Waals surface area contributed by atoms with Crippen molar-refractivity contribution in [2.75, 3.05) is 7.11 Å². The van der Waals surface area contributed by atoms with E-state index in [-0.39, 0.29) is 29.3 Å². The van der Waals surface area contributed by atoms with Gasteiger partial charge in [0.25, 0.3) is 0 Å². The van der Waals surface area contributed by atoms with Crippen molar-refractivity contribution in [2.24, 2.45) is 22.4 Å². The molecule has 24 heavy (non-hydrogen) atoms. The molecule has 3 unspecified atom stereocenters. The molecule has 0 aromatic heterocycles. The Balaban J connectivity index is 1.83. The third-order valence-corrected chi connectivity index (χ3v) is 6.95. The molecule has 0 radical (unpaired) electrons. The van der Waals surface area contributed by atoms with E-state index in [4.69, 9.17) is 4.74 Å². The molecule has 5 heteroatoms. The highest BCUT2D eigenvalue weighted by atomic mass is 16.5. The van der Waals surface area contributed by atoms with Gasteiger partial charge in [0.15, 0.2) is 0 Å². The Morgan fingerprint density at radius 3 is 2.67 bits per heavy atom. The maximum absolute atomic E-state index is 10.8. The maximum Gasteiger partial charge on any atom is 0.121 e. The summed E-state index contributed by atoms with van der Waals surface area (Å²) in [6.45, 7) is 2.15. The third-order valence-electron chi connectivity index (χ3n) is 6.95. The zero-order valence-corrected chi connectivity index (χ0v) is 14.1. The van der Waals surface area contributed by atoms with Gasteiger partial charge in [-0.1, -0.05) is 18.1 Å². The van der Waals surface area contributed by atoms with E-state index in [9.17, 15) is 15.4 Å². The van der Waals surface area contributed by atoms with E-state index < -0.39 is 6.10 Å². The Bertz CT molecular complexity index is 688. The summed E-state index contributed by atoms with van der Waals surface area (Å²) < 4.78 is 5.29. The van der Waals surface area contributed by atoms with Crippen LogP contribution < -0.4 is 4.74 Å². The molecule has 3 aliphatic carbocycles. The average molecular weight is 331 g/mol. The second-order valence-electron chi connectivity index (χ2n) is 7.80. The first-order valence-corrected chi connectivity index (χ1v) is 8.77. The average Bonchev–Trinajstić information content (AvgIpc) is 2.90. The van der Waals surface area contributed by atoms with Crippen LogP contribution in [0.15, 0.2) is 23.4 Å². The van der Waals surface area contributed by atoms with Gasteiger partial charge in [0.1, 0.15) is 11.9 Å². The topological polar surface area (TPSA) is 82.3 Å². The van der Waals surface area contributed by atoms with Gasteiger partial charge in [-0.3, -0.25) is 0 Å². The minimum absolute atomic E-state index is 0.0122. The lowest BCUT2D eigenvalue weighted by atomic mass is 9.54. The summed E-state index contributed by atoms with van der Waals surface area (Å²) in [5.41, 5.74) is 2.21. The van der Waals surface area contributed by atoms with Crippen LogP contribution in [0.3, 0.4) is 0 Å². The van der Waals surface area contributed by atoms with E-state index in [2.05, 4.69) is 12.1 Å². The van der Waals surface area contributed by atoms with Crippen molar-refractivity contribution in [3.8, 4) is 5.75 Å². The van der Waals surface area contributed by atoms with Crippen LogP contribution in [0.25, 0.3) is 0 Å². The smallest absolute Gasteiger partial charge is 0.121 e. The Morgan fingerprint density at radius 2 is 1.96 bits per heavy atom. The highest BCUT2D eigenvalue weighted by Gasteiger charge is 2.57. The number of aliphatic hydroxyl groups excluding tert-OH is 2. The van der Waals surface area contributed by atoms with Gasteiger partial charge in [0.05, 0.1) is 18.9 Å². The van der Waals surface area contributed by atoms with Crippen molar-refractivity contribution >= 4 is 5.71 Å². The maximum atomic E-state index is 10.8. The van der Waals surface area contributed by atoms with Gasteiger partial charge < -0.3 is 20.2 Å². The van der Waals surface area contributed by atoms with E-state index >= 15 is 0 Å². The predicted molar refractivity (Wildman–Crippen MR) is 89.5 cm³/mol. The van der Waals surface area contributed by atoms with Crippen molar-refractivity contribution in [1.29, 1.82) is 0 Å². The zero-order valence-electron chi connectivity index (χ0n) is 14.1. The molecule has 2 saturated carbocycles. The summed E-state index contributed by atoms with van der Waals surface area (Å²) >= 11 is 0. The summed E-state index contributed by atoms with van der Waals surface area (Å²) in [6, 6.07) is 5.82. The van der Waals surface area contributed by atoms with E-state index in [0.29, 0.717) is 11.5 Å². The molecule has 0 spiro atoms. The minimum Gasteiger partial charge on any atom is -0.497 e. The van der Waals surface area contributed by atoms with Crippen LogP contribution in [0.1, 0.15) is 55.8 Å². The largest absolute Gasteiger partial charge is 0.497 e. The SMILES string of the molecule is COc1ccc2c(c1)[C@@H](O)/C(=N\O)C1C2CC[C@@]2(C)C1CC[C@@H]2O. The summed E-state index contributed by atoms with van der Waals surface area (Å²) in [6.07, 6.45) is 2.37. The number of ether oxygens (including phenoxy) is 1. The molecular weight excluding hydrogens is 306 g/mol. The number of nitrogens with zero attached hydrogens (tertiary/aromatic N) is 1. The number of rotatable bonds is 1. The summed E-state index contributed by atoms with van der Waals surface area (Å²) in [5.74, 6) is 1.15. The Morgan fingerprint density at radius 1 is 1.17 bits per heavy atom. The van der Waals surface area contributed by atoms with Crippen molar-refractivity contribution in [2.45, 2.75) is 50.7 Å². The molecule has 1 aromatic rings. The van der Waals surface area contributed by atoms with Crippen LogP contribution >= 0.6 is 0 Å². The Hall–Kier alpha value is -1.59. The summed E-state index contributed by atoms with van der Waals surface area (Å²) in [7, 11) is 1.60. The fourth-order valence-corrected chi connectivity index (χ4v) is 5.59. The molecule has 4 rings (SSSR count). The molecule has 5 nitrogen and oxygen atoms in total. The third kappa shape index (κ3) is 1.97. The quantitative estimate of drug-likeness (QED) is 0.546. The number of oxime groups is 1. The summed E-state index contributed by atoms with van der Waals surface area (Å²) in [4.78, 5) is 0. The number of aliphatic hydroxyl groups is 2. The van der Waals surface area contributed by atoms with Crippen LogP contribution in [0.2, 0.25) is 0 Å². The molecule has 1 aromatic carbocycles. The molecule has 2 fully saturated rings. The molecular formula is C19H25NO4. The van der Waals surface area contributed by atoms with E-state index in [1.165, 1.54) is 0 Å². The predicted octanol–water partition coefficient (Wildman–Crippen LogP) is 2.84. The monoisotopic (exact) mass is 331 g/mol. The molecule has 0 saturated heterocycles. The van der Waals surface area contributed by atoms with Crippen molar-refractivity contribution in [3.63, 3.8) is 0 Å². The molecule has 6 atom stereocenters. The van der Waals surface area contributed by atoms with Gasteiger partial charge in [-0.2, -0.15) is 0 Å².